The molecule has 1 aromatic heterocycles. The lowest BCUT2D eigenvalue weighted by molar-refractivity contribution is 0.305. The summed E-state index contributed by atoms with van der Waals surface area (Å²) < 4.78 is 5.48. The van der Waals surface area contributed by atoms with Gasteiger partial charge in [-0.3, -0.25) is 0 Å². The van der Waals surface area contributed by atoms with E-state index in [0.29, 0.717) is 30.2 Å². The van der Waals surface area contributed by atoms with Gasteiger partial charge in [-0.1, -0.05) is 20.8 Å². The van der Waals surface area contributed by atoms with Gasteiger partial charge >= 0.3 is 0 Å². The fourth-order valence-corrected chi connectivity index (χ4v) is 1.79. The monoisotopic (exact) mass is 271 g/mol. The molecular formula is C13H22ClN3O. The van der Waals surface area contributed by atoms with E-state index in [1.807, 2.05) is 0 Å². The second-order valence-electron chi connectivity index (χ2n) is 4.54. The van der Waals surface area contributed by atoms with Crippen molar-refractivity contribution < 1.29 is 4.74 Å². The van der Waals surface area contributed by atoms with Crippen molar-refractivity contribution in [1.82, 2.24) is 9.97 Å². The van der Waals surface area contributed by atoms with Gasteiger partial charge in [0, 0.05) is 24.2 Å². The van der Waals surface area contributed by atoms with Gasteiger partial charge < -0.3 is 10.1 Å². The first-order valence-electron chi connectivity index (χ1n) is 6.45. The predicted octanol–water partition coefficient (Wildman–Crippen LogP) is 3.33. The molecule has 18 heavy (non-hydrogen) atoms. The van der Waals surface area contributed by atoms with Crippen LogP contribution in [0.1, 0.15) is 33.6 Å². The van der Waals surface area contributed by atoms with E-state index >= 15 is 0 Å². The number of anilines is 1. The van der Waals surface area contributed by atoms with Crippen LogP contribution in [0.5, 0.6) is 5.88 Å². The number of nitrogens with one attached hydrogen (secondary N) is 1. The minimum Gasteiger partial charge on any atom is -0.478 e. The molecule has 0 fully saturated rings. The molecule has 0 aliphatic carbocycles. The second kappa shape index (κ2) is 8.14. The van der Waals surface area contributed by atoms with Crippen molar-refractivity contribution in [1.29, 1.82) is 0 Å². The summed E-state index contributed by atoms with van der Waals surface area (Å²) in [5, 5.41) is 3.31. The highest BCUT2D eigenvalue weighted by atomic mass is 35.5. The van der Waals surface area contributed by atoms with E-state index in [9.17, 15) is 0 Å². The van der Waals surface area contributed by atoms with Crippen LogP contribution in [0.15, 0.2) is 12.3 Å². The van der Waals surface area contributed by atoms with Gasteiger partial charge in [-0.25, -0.2) is 4.98 Å². The van der Waals surface area contributed by atoms with Crippen molar-refractivity contribution in [3.8, 4) is 5.88 Å². The van der Waals surface area contributed by atoms with Crippen LogP contribution in [-0.2, 0) is 0 Å². The summed E-state index contributed by atoms with van der Waals surface area (Å²) >= 11 is 5.80. The van der Waals surface area contributed by atoms with Gasteiger partial charge in [0.05, 0.1) is 6.61 Å². The van der Waals surface area contributed by atoms with E-state index in [2.05, 4.69) is 36.1 Å². The van der Waals surface area contributed by atoms with Crippen molar-refractivity contribution in [3.63, 3.8) is 0 Å². The Hall–Kier alpha value is -1.03. The molecule has 0 saturated carbocycles. The molecule has 0 aliphatic heterocycles. The molecular weight excluding hydrogens is 250 g/mol. The van der Waals surface area contributed by atoms with Gasteiger partial charge in [-0.15, -0.1) is 11.6 Å². The zero-order valence-corrected chi connectivity index (χ0v) is 12.1. The van der Waals surface area contributed by atoms with Crippen molar-refractivity contribution in [3.05, 3.63) is 12.3 Å². The third kappa shape index (κ3) is 5.08. The minimum absolute atomic E-state index is 0.281. The predicted molar refractivity (Wildman–Crippen MR) is 75.4 cm³/mol. The molecule has 0 radical (unpaired) electrons. The number of aromatic nitrogens is 2. The number of alkyl halides is 1. The van der Waals surface area contributed by atoms with Crippen LogP contribution in [0.2, 0.25) is 0 Å². The fraction of sp³-hybridized carbons (Fsp3) is 0.692. The van der Waals surface area contributed by atoms with Crippen molar-refractivity contribution in [2.75, 3.05) is 17.8 Å². The van der Waals surface area contributed by atoms with Gasteiger partial charge in [0.1, 0.15) is 0 Å². The first-order valence-corrected chi connectivity index (χ1v) is 6.99. The van der Waals surface area contributed by atoms with Crippen LogP contribution in [-0.4, -0.2) is 28.5 Å². The molecule has 0 spiro atoms. The van der Waals surface area contributed by atoms with E-state index in [1.54, 1.807) is 12.3 Å². The smallest absolute Gasteiger partial charge is 0.226 e. The summed E-state index contributed by atoms with van der Waals surface area (Å²) in [7, 11) is 0. The molecule has 1 unspecified atom stereocenters. The molecule has 0 bridgehead atoms. The van der Waals surface area contributed by atoms with Crippen molar-refractivity contribution in [2.45, 2.75) is 39.7 Å². The zero-order chi connectivity index (χ0) is 13.4. The topological polar surface area (TPSA) is 47.0 Å². The van der Waals surface area contributed by atoms with Crippen molar-refractivity contribution in [2.24, 2.45) is 5.92 Å². The van der Waals surface area contributed by atoms with Gasteiger partial charge in [-0.2, -0.15) is 4.98 Å². The summed E-state index contributed by atoms with van der Waals surface area (Å²) in [6, 6.07) is 2.05. The Labute approximate surface area is 114 Å². The molecule has 5 heteroatoms. The Kier molecular flexibility index (Phi) is 6.80. The fourth-order valence-electron chi connectivity index (χ4n) is 1.55. The lowest BCUT2D eigenvalue weighted by atomic mass is 10.0. The van der Waals surface area contributed by atoms with Gasteiger partial charge in [0.2, 0.25) is 11.8 Å². The van der Waals surface area contributed by atoms with Crippen LogP contribution in [0.3, 0.4) is 0 Å². The minimum atomic E-state index is 0.281. The SMILES string of the molecule is CCCOc1ccnc(NC(CCCl)C(C)C)n1. The molecule has 1 rings (SSSR count). The molecule has 1 aromatic rings. The maximum atomic E-state index is 5.80. The average Bonchev–Trinajstić information content (AvgIpc) is 2.36. The van der Waals surface area contributed by atoms with E-state index in [-0.39, 0.29) is 6.04 Å². The normalized spacial score (nSPS) is 12.5. The zero-order valence-electron chi connectivity index (χ0n) is 11.3. The summed E-state index contributed by atoms with van der Waals surface area (Å²) in [4.78, 5) is 8.53. The molecule has 0 aliphatic rings. The van der Waals surface area contributed by atoms with E-state index < -0.39 is 0 Å². The van der Waals surface area contributed by atoms with Crippen LogP contribution in [0, 0.1) is 5.92 Å². The second-order valence-corrected chi connectivity index (χ2v) is 4.92. The Balaban J connectivity index is 2.64. The molecule has 0 saturated heterocycles. The number of hydrogen-bond donors (Lipinski definition) is 1. The number of rotatable bonds is 8. The maximum Gasteiger partial charge on any atom is 0.226 e. The lowest BCUT2D eigenvalue weighted by Gasteiger charge is -2.21. The lowest BCUT2D eigenvalue weighted by Crippen LogP contribution is -2.27. The number of ether oxygens (including phenoxy) is 1. The summed E-state index contributed by atoms with van der Waals surface area (Å²) in [5.74, 6) is 2.32. The van der Waals surface area contributed by atoms with Gasteiger partial charge in [0.15, 0.2) is 0 Å². The van der Waals surface area contributed by atoms with E-state index in [0.717, 1.165) is 12.8 Å². The molecule has 1 atom stereocenters. The van der Waals surface area contributed by atoms with Gasteiger partial charge in [0.25, 0.3) is 0 Å². The first kappa shape index (κ1) is 15.0. The van der Waals surface area contributed by atoms with Crippen LogP contribution < -0.4 is 10.1 Å². The molecule has 4 nitrogen and oxygen atoms in total. The number of nitrogens with zero attached hydrogens (tertiary/aromatic N) is 2. The Morgan fingerprint density at radius 3 is 2.83 bits per heavy atom. The highest BCUT2D eigenvalue weighted by Crippen LogP contribution is 2.15. The summed E-state index contributed by atoms with van der Waals surface area (Å²) in [5.41, 5.74) is 0. The number of hydrogen-bond acceptors (Lipinski definition) is 4. The Morgan fingerprint density at radius 1 is 1.44 bits per heavy atom. The molecule has 1 heterocycles. The molecule has 102 valence electrons. The van der Waals surface area contributed by atoms with Crippen molar-refractivity contribution >= 4 is 17.5 Å². The third-order valence-electron chi connectivity index (χ3n) is 2.62. The Bertz CT molecular complexity index is 347. The first-order chi connectivity index (χ1) is 8.67. The average molecular weight is 272 g/mol. The quantitative estimate of drug-likeness (QED) is 0.737. The van der Waals surface area contributed by atoms with E-state index in [1.165, 1.54) is 0 Å². The van der Waals surface area contributed by atoms with Crippen LogP contribution >= 0.6 is 11.6 Å². The number of halogens is 1. The third-order valence-corrected chi connectivity index (χ3v) is 2.84. The highest BCUT2D eigenvalue weighted by molar-refractivity contribution is 6.17. The molecule has 1 N–H and O–H groups in total. The van der Waals surface area contributed by atoms with Crippen LogP contribution in [0.25, 0.3) is 0 Å². The van der Waals surface area contributed by atoms with E-state index in [4.69, 9.17) is 16.3 Å². The standard InChI is InChI=1S/C13H22ClN3O/c1-4-9-18-12-6-8-15-13(17-12)16-11(5-7-14)10(2)3/h6,8,10-11H,4-5,7,9H2,1-3H3,(H,15,16,17). The summed E-state index contributed by atoms with van der Waals surface area (Å²) in [6.07, 6.45) is 3.56. The van der Waals surface area contributed by atoms with Gasteiger partial charge in [-0.05, 0) is 18.8 Å². The maximum absolute atomic E-state index is 5.80. The highest BCUT2D eigenvalue weighted by Gasteiger charge is 2.13. The van der Waals surface area contributed by atoms with Crippen LogP contribution in [0.4, 0.5) is 5.95 Å². The largest absolute Gasteiger partial charge is 0.478 e. The summed E-state index contributed by atoms with van der Waals surface area (Å²) in [6.45, 7) is 7.05. The molecule has 0 amide bonds. The Morgan fingerprint density at radius 2 is 2.22 bits per heavy atom. The molecule has 0 aromatic carbocycles.